The lowest BCUT2D eigenvalue weighted by Crippen LogP contribution is -2.41. The zero-order valence-corrected chi connectivity index (χ0v) is 11.0. The smallest absolute Gasteiger partial charge is 0.317 e. The molecule has 104 valence electrons. The fourth-order valence-corrected chi connectivity index (χ4v) is 2.02. The molecule has 0 bridgehead atoms. The molecule has 8 nitrogen and oxygen atoms in total. The maximum Gasteiger partial charge on any atom is 0.317 e. The molecule has 1 saturated heterocycles. The number of amides is 3. The van der Waals surface area contributed by atoms with Crippen LogP contribution in [-0.2, 0) is 11.3 Å². The van der Waals surface area contributed by atoms with E-state index in [1.165, 1.54) is 6.92 Å². The van der Waals surface area contributed by atoms with Crippen LogP contribution in [0.3, 0.4) is 0 Å². The number of carbonyl (C=O) groups is 2. The Kier molecular flexibility index (Phi) is 3.98. The number of hydrogen-bond donors (Lipinski definition) is 2. The van der Waals surface area contributed by atoms with Gasteiger partial charge in [0.05, 0.1) is 6.54 Å². The Hall–Kier alpha value is -2.12. The van der Waals surface area contributed by atoms with E-state index in [9.17, 15) is 9.59 Å². The fourth-order valence-electron chi connectivity index (χ4n) is 2.02. The maximum atomic E-state index is 11.9. The van der Waals surface area contributed by atoms with E-state index in [1.54, 1.807) is 11.8 Å². The minimum atomic E-state index is -0.191. The lowest BCUT2D eigenvalue weighted by molar-refractivity contribution is -0.119. The number of urea groups is 1. The van der Waals surface area contributed by atoms with Gasteiger partial charge < -0.3 is 20.0 Å². The molecule has 2 heterocycles. The Morgan fingerprint density at radius 3 is 2.89 bits per heavy atom. The molecule has 1 unspecified atom stereocenters. The molecule has 2 rings (SSSR count). The van der Waals surface area contributed by atoms with E-state index in [0.717, 1.165) is 6.42 Å². The summed E-state index contributed by atoms with van der Waals surface area (Å²) in [6.45, 7) is 4.52. The quantitative estimate of drug-likeness (QED) is 0.789. The molecule has 0 aromatic carbocycles. The molecule has 1 aliphatic rings. The Morgan fingerprint density at radius 1 is 1.47 bits per heavy atom. The summed E-state index contributed by atoms with van der Waals surface area (Å²) in [4.78, 5) is 24.5. The molecule has 1 aliphatic heterocycles. The fraction of sp³-hybridized carbons (Fsp3) is 0.636. The first-order valence-electron chi connectivity index (χ1n) is 6.13. The zero-order valence-electron chi connectivity index (χ0n) is 11.0. The molecule has 3 amide bonds. The Morgan fingerprint density at radius 2 is 2.26 bits per heavy atom. The van der Waals surface area contributed by atoms with Gasteiger partial charge in [-0.3, -0.25) is 4.79 Å². The van der Waals surface area contributed by atoms with Crippen LogP contribution in [0.1, 0.15) is 25.1 Å². The van der Waals surface area contributed by atoms with Crippen molar-refractivity contribution in [3.05, 3.63) is 11.8 Å². The standard InChI is InChI=1S/C11H17N5O3/c1-7(17)13-9-3-4-16(6-9)11(18)12-5-10-15-14-8(2)19-10/h9H,3-6H2,1-2H3,(H,12,18)(H,13,17). The molecule has 1 aromatic rings. The van der Waals surface area contributed by atoms with Crippen molar-refractivity contribution in [3.8, 4) is 0 Å². The lowest BCUT2D eigenvalue weighted by atomic mass is 10.3. The molecular weight excluding hydrogens is 250 g/mol. The van der Waals surface area contributed by atoms with Crippen LogP contribution in [0.4, 0.5) is 4.79 Å². The highest BCUT2D eigenvalue weighted by Crippen LogP contribution is 2.09. The highest BCUT2D eigenvalue weighted by Gasteiger charge is 2.26. The van der Waals surface area contributed by atoms with E-state index in [-0.39, 0.29) is 24.5 Å². The van der Waals surface area contributed by atoms with E-state index in [4.69, 9.17) is 4.42 Å². The van der Waals surface area contributed by atoms with Gasteiger partial charge in [-0.1, -0.05) is 0 Å². The van der Waals surface area contributed by atoms with E-state index < -0.39 is 0 Å². The van der Waals surface area contributed by atoms with Gasteiger partial charge in [0.15, 0.2) is 0 Å². The summed E-state index contributed by atoms with van der Waals surface area (Å²) in [6, 6.07) is -0.155. The van der Waals surface area contributed by atoms with Crippen molar-refractivity contribution in [2.75, 3.05) is 13.1 Å². The highest BCUT2D eigenvalue weighted by atomic mass is 16.4. The summed E-state index contributed by atoms with van der Waals surface area (Å²) in [5.74, 6) is 0.771. The molecule has 8 heteroatoms. The second-order valence-electron chi connectivity index (χ2n) is 4.51. The average molecular weight is 267 g/mol. The van der Waals surface area contributed by atoms with Crippen LogP contribution in [0.25, 0.3) is 0 Å². The van der Waals surface area contributed by atoms with Crippen LogP contribution in [0.5, 0.6) is 0 Å². The number of hydrogen-bond acceptors (Lipinski definition) is 5. The Bertz CT molecular complexity index is 473. The summed E-state index contributed by atoms with van der Waals surface area (Å²) >= 11 is 0. The van der Waals surface area contributed by atoms with Gasteiger partial charge in [-0.15, -0.1) is 10.2 Å². The first kappa shape index (κ1) is 13.3. The van der Waals surface area contributed by atoms with Gasteiger partial charge in [0, 0.05) is 33.0 Å². The molecule has 19 heavy (non-hydrogen) atoms. The van der Waals surface area contributed by atoms with Crippen molar-refractivity contribution < 1.29 is 14.0 Å². The first-order valence-corrected chi connectivity index (χ1v) is 6.13. The largest absolute Gasteiger partial charge is 0.424 e. The number of rotatable bonds is 3. The predicted octanol–water partition coefficient (Wildman–Crippen LogP) is -0.202. The first-order chi connectivity index (χ1) is 9.04. The number of carbonyl (C=O) groups excluding carboxylic acids is 2. The van der Waals surface area contributed by atoms with Crippen LogP contribution in [0, 0.1) is 6.92 Å². The maximum absolute atomic E-state index is 11.9. The number of nitrogens with zero attached hydrogens (tertiary/aromatic N) is 3. The van der Waals surface area contributed by atoms with Crippen molar-refractivity contribution in [2.24, 2.45) is 0 Å². The second kappa shape index (κ2) is 5.68. The van der Waals surface area contributed by atoms with Crippen molar-refractivity contribution in [3.63, 3.8) is 0 Å². The van der Waals surface area contributed by atoms with E-state index in [2.05, 4.69) is 20.8 Å². The lowest BCUT2D eigenvalue weighted by Gasteiger charge is -2.16. The molecule has 1 atom stereocenters. The summed E-state index contributed by atoms with van der Waals surface area (Å²) < 4.78 is 5.16. The minimum Gasteiger partial charge on any atom is -0.424 e. The normalized spacial score (nSPS) is 18.4. The summed E-state index contributed by atoms with van der Waals surface area (Å²) in [5, 5.41) is 13.0. The van der Waals surface area contributed by atoms with Gasteiger partial charge in [0.25, 0.3) is 0 Å². The minimum absolute atomic E-state index is 0.0360. The van der Waals surface area contributed by atoms with Crippen LogP contribution in [0.15, 0.2) is 4.42 Å². The van der Waals surface area contributed by atoms with E-state index in [0.29, 0.717) is 24.9 Å². The van der Waals surface area contributed by atoms with Crippen molar-refractivity contribution >= 4 is 11.9 Å². The Balaban J connectivity index is 1.76. The highest BCUT2D eigenvalue weighted by molar-refractivity contribution is 5.75. The van der Waals surface area contributed by atoms with Gasteiger partial charge in [-0.2, -0.15) is 0 Å². The number of aryl methyl sites for hydroxylation is 1. The SMILES string of the molecule is CC(=O)NC1CCN(C(=O)NCc2nnc(C)o2)C1. The van der Waals surface area contributed by atoms with E-state index >= 15 is 0 Å². The third-order valence-corrected chi connectivity index (χ3v) is 2.84. The third kappa shape index (κ3) is 3.67. The molecule has 0 aliphatic carbocycles. The predicted molar refractivity (Wildman–Crippen MR) is 65.1 cm³/mol. The van der Waals surface area contributed by atoms with Gasteiger partial charge in [0.2, 0.25) is 17.7 Å². The number of nitrogens with one attached hydrogen (secondary N) is 2. The summed E-state index contributed by atoms with van der Waals surface area (Å²) in [6.07, 6.45) is 0.771. The van der Waals surface area contributed by atoms with Gasteiger partial charge in [-0.05, 0) is 6.42 Å². The summed E-state index contributed by atoms with van der Waals surface area (Å²) in [5.41, 5.74) is 0. The van der Waals surface area contributed by atoms with Crippen LogP contribution < -0.4 is 10.6 Å². The average Bonchev–Trinajstić information content (AvgIpc) is 2.95. The molecule has 0 saturated carbocycles. The third-order valence-electron chi connectivity index (χ3n) is 2.84. The monoisotopic (exact) mass is 267 g/mol. The molecule has 1 aromatic heterocycles. The van der Waals surface area contributed by atoms with Crippen LogP contribution >= 0.6 is 0 Å². The number of aromatic nitrogens is 2. The Labute approximate surface area is 110 Å². The topological polar surface area (TPSA) is 100 Å². The van der Waals surface area contributed by atoms with Crippen molar-refractivity contribution in [2.45, 2.75) is 32.9 Å². The van der Waals surface area contributed by atoms with Crippen LogP contribution in [0.2, 0.25) is 0 Å². The van der Waals surface area contributed by atoms with Gasteiger partial charge in [-0.25, -0.2) is 4.79 Å². The van der Waals surface area contributed by atoms with Gasteiger partial charge in [0.1, 0.15) is 0 Å². The second-order valence-corrected chi connectivity index (χ2v) is 4.51. The van der Waals surface area contributed by atoms with E-state index in [1.807, 2.05) is 0 Å². The number of likely N-dealkylation sites (tertiary alicyclic amines) is 1. The van der Waals surface area contributed by atoms with Crippen molar-refractivity contribution in [1.29, 1.82) is 0 Å². The molecule has 1 fully saturated rings. The molecular formula is C11H17N5O3. The van der Waals surface area contributed by atoms with Crippen molar-refractivity contribution in [1.82, 2.24) is 25.7 Å². The van der Waals surface area contributed by atoms with Crippen LogP contribution in [-0.4, -0.2) is 46.2 Å². The molecule has 0 spiro atoms. The molecule has 2 N–H and O–H groups in total. The van der Waals surface area contributed by atoms with Gasteiger partial charge >= 0.3 is 6.03 Å². The zero-order chi connectivity index (χ0) is 13.8. The summed E-state index contributed by atoms with van der Waals surface area (Å²) in [7, 11) is 0. The molecule has 0 radical (unpaired) electrons.